The molecule has 0 fully saturated rings. The van der Waals surface area contributed by atoms with Crippen LogP contribution in [0, 0.1) is 0 Å². The minimum Gasteiger partial charge on any atom is -0.508 e. The average Bonchev–Trinajstić information content (AvgIpc) is 3.42. The fourth-order valence-corrected chi connectivity index (χ4v) is 4.26. The zero-order valence-electron chi connectivity index (χ0n) is 16.8. The molecule has 1 aliphatic carbocycles. The van der Waals surface area contributed by atoms with Crippen LogP contribution in [0.5, 0.6) is 11.5 Å². The number of halogens is 3. The maximum absolute atomic E-state index is 12.5. The number of rotatable bonds is 5. The smallest absolute Gasteiger partial charge is 0.508 e. The van der Waals surface area contributed by atoms with Gasteiger partial charge in [-0.3, -0.25) is 4.79 Å². The van der Waals surface area contributed by atoms with E-state index in [1.165, 1.54) is 6.07 Å². The lowest BCUT2D eigenvalue weighted by molar-refractivity contribution is -0.274. The van der Waals surface area contributed by atoms with Gasteiger partial charge in [-0.15, -0.1) is 13.2 Å². The second-order valence-electron chi connectivity index (χ2n) is 7.80. The maximum Gasteiger partial charge on any atom is 0.573 e. The molecule has 33 heavy (non-hydrogen) atoms. The molecule has 0 saturated heterocycles. The van der Waals surface area contributed by atoms with Gasteiger partial charge in [0.25, 0.3) is 5.89 Å². The molecule has 1 atom stereocenters. The topological polar surface area (TPSA) is 121 Å². The van der Waals surface area contributed by atoms with Gasteiger partial charge in [-0.1, -0.05) is 5.16 Å². The van der Waals surface area contributed by atoms with Gasteiger partial charge >= 0.3 is 12.3 Å². The molecule has 0 spiro atoms. The molecule has 170 valence electrons. The Labute approximate surface area is 183 Å². The molecule has 2 heterocycles. The largest absolute Gasteiger partial charge is 0.573 e. The van der Waals surface area contributed by atoms with Crippen molar-refractivity contribution in [3.05, 3.63) is 47.7 Å². The minimum absolute atomic E-state index is 0.0604. The Hall–Kier alpha value is -4.02. The number of hydrogen-bond acceptors (Lipinski definition) is 6. The molecule has 1 unspecified atom stereocenters. The number of carbonyl (C=O) groups is 1. The molecular weight excluding hydrogens is 443 g/mol. The molecule has 0 radical (unpaired) electrons. The summed E-state index contributed by atoms with van der Waals surface area (Å²) in [5.74, 6) is -1.85. The van der Waals surface area contributed by atoms with Gasteiger partial charge in [-0.25, -0.2) is 0 Å². The van der Waals surface area contributed by atoms with Crippen molar-refractivity contribution in [3.8, 4) is 34.3 Å². The number of carboxylic acid groups (broad SMARTS) is 1. The highest BCUT2D eigenvalue weighted by Crippen LogP contribution is 2.40. The number of aromatic amines is 1. The van der Waals surface area contributed by atoms with E-state index in [1.54, 1.807) is 6.07 Å². The Morgan fingerprint density at radius 2 is 2.03 bits per heavy atom. The number of alkyl halides is 3. The van der Waals surface area contributed by atoms with Gasteiger partial charge in [0, 0.05) is 39.7 Å². The summed E-state index contributed by atoms with van der Waals surface area (Å²) < 4.78 is 46.7. The van der Waals surface area contributed by atoms with Crippen LogP contribution in [0.15, 0.2) is 40.9 Å². The van der Waals surface area contributed by atoms with Crippen LogP contribution in [0.1, 0.15) is 30.0 Å². The number of hydrogen-bond donors (Lipinski definition) is 3. The molecule has 2 aromatic heterocycles. The number of aryl methyl sites for hydroxylation is 1. The third-order valence-corrected chi connectivity index (χ3v) is 5.57. The Kier molecular flexibility index (Phi) is 4.76. The molecule has 0 bridgehead atoms. The van der Waals surface area contributed by atoms with E-state index >= 15 is 0 Å². The number of nitrogens with zero attached hydrogens (tertiary/aromatic N) is 2. The third kappa shape index (κ3) is 4.09. The molecule has 0 aliphatic heterocycles. The highest BCUT2D eigenvalue weighted by molar-refractivity contribution is 5.89. The normalized spacial score (nSPS) is 15.7. The van der Waals surface area contributed by atoms with Crippen molar-refractivity contribution >= 4 is 16.9 Å². The predicted molar refractivity (Wildman–Crippen MR) is 109 cm³/mol. The Balaban J connectivity index is 1.47. The summed E-state index contributed by atoms with van der Waals surface area (Å²) >= 11 is 0. The molecular formula is C22H16F3N3O5. The average molecular weight is 459 g/mol. The SMILES string of the molecule is O=C(O)CC1CCc2c1[nH]c1ccc(-c3noc(-c4cc(O)cc(OC(F)(F)F)c4)n3)cc21. The molecule has 11 heteroatoms. The standard InChI is InChI=1S/C22H16F3N3O5/c23-22(24,25)32-14-6-12(5-13(29)9-14)21-27-20(28-33-21)11-2-4-17-16(7-11)15-3-1-10(8-18(30)31)19(15)26-17/h2,4-7,9-10,26,29H,1,3,8H2,(H,30,31). The monoisotopic (exact) mass is 459 g/mol. The van der Waals surface area contributed by atoms with Crippen LogP contribution in [-0.4, -0.2) is 37.7 Å². The van der Waals surface area contributed by atoms with Crippen molar-refractivity contribution in [1.29, 1.82) is 0 Å². The molecule has 3 N–H and O–H groups in total. The van der Waals surface area contributed by atoms with Crippen molar-refractivity contribution in [2.24, 2.45) is 0 Å². The fourth-order valence-electron chi connectivity index (χ4n) is 4.26. The first-order chi connectivity index (χ1) is 15.7. The highest BCUT2D eigenvalue weighted by Gasteiger charge is 2.32. The van der Waals surface area contributed by atoms with Crippen molar-refractivity contribution in [2.75, 3.05) is 0 Å². The zero-order valence-corrected chi connectivity index (χ0v) is 16.8. The number of phenols is 1. The van der Waals surface area contributed by atoms with E-state index < -0.39 is 23.8 Å². The summed E-state index contributed by atoms with van der Waals surface area (Å²) in [6.07, 6.45) is -3.36. The van der Waals surface area contributed by atoms with Crippen LogP contribution in [-0.2, 0) is 11.2 Å². The Morgan fingerprint density at radius 1 is 1.21 bits per heavy atom. The van der Waals surface area contributed by atoms with Gasteiger partial charge in [0.15, 0.2) is 0 Å². The second kappa shape index (κ2) is 7.54. The van der Waals surface area contributed by atoms with E-state index in [-0.39, 0.29) is 29.6 Å². The van der Waals surface area contributed by atoms with E-state index in [2.05, 4.69) is 19.9 Å². The molecule has 8 nitrogen and oxygen atoms in total. The summed E-state index contributed by atoms with van der Waals surface area (Å²) in [6, 6.07) is 8.51. The summed E-state index contributed by atoms with van der Waals surface area (Å²) in [4.78, 5) is 18.7. The number of fused-ring (bicyclic) bond motifs is 3. The Bertz CT molecular complexity index is 1380. The van der Waals surface area contributed by atoms with Crippen molar-refractivity contribution in [3.63, 3.8) is 0 Å². The van der Waals surface area contributed by atoms with Crippen molar-refractivity contribution < 1.29 is 37.4 Å². The number of phenolic OH excluding ortho intramolecular Hbond substituents is 1. The van der Waals surface area contributed by atoms with Crippen molar-refractivity contribution in [1.82, 2.24) is 15.1 Å². The number of benzene rings is 2. The lowest BCUT2D eigenvalue weighted by Gasteiger charge is -2.09. The van der Waals surface area contributed by atoms with E-state index in [0.29, 0.717) is 5.56 Å². The second-order valence-corrected chi connectivity index (χ2v) is 7.80. The summed E-state index contributed by atoms with van der Waals surface area (Å²) in [5, 5.41) is 23.7. The van der Waals surface area contributed by atoms with Gasteiger partial charge in [0.05, 0.1) is 6.42 Å². The van der Waals surface area contributed by atoms with E-state index in [0.717, 1.165) is 47.1 Å². The van der Waals surface area contributed by atoms with Crippen LogP contribution in [0.25, 0.3) is 33.7 Å². The van der Waals surface area contributed by atoms with Gasteiger partial charge in [0.1, 0.15) is 11.5 Å². The van der Waals surface area contributed by atoms with Crippen LogP contribution in [0.4, 0.5) is 13.2 Å². The first-order valence-electron chi connectivity index (χ1n) is 9.97. The fraction of sp³-hybridized carbons (Fsp3) is 0.227. The van der Waals surface area contributed by atoms with Gasteiger partial charge in [0.2, 0.25) is 5.82 Å². The number of carboxylic acids is 1. The lowest BCUT2D eigenvalue weighted by atomic mass is 10.0. The minimum atomic E-state index is -4.92. The number of nitrogens with one attached hydrogen (secondary N) is 1. The van der Waals surface area contributed by atoms with E-state index in [4.69, 9.17) is 9.63 Å². The molecule has 0 amide bonds. The molecule has 2 aromatic carbocycles. The first-order valence-corrected chi connectivity index (χ1v) is 9.97. The quantitative estimate of drug-likeness (QED) is 0.384. The van der Waals surface area contributed by atoms with Gasteiger partial charge in [-0.05, 0) is 48.7 Å². The van der Waals surface area contributed by atoms with Crippen LogP contribution < -0.4 is 4.74 Å². The highest BCUT2D eigenvalue weighted by atomic mass is 19.4. The summed E-state index contributed by atoms with van der Waals surface area (Å²) in [7, 11) is 0. The third-order valence-electron chi connectivity index (χ3n) is 5.57. The van der Waals surface area contributed by atoms with Crippen LogP contribution in [0.2, 0.25) is 0 Å². The predicted octanol–water partition coefficient (Wildman–Crippen LogP) is 4.99. The number of ether oxygens (including phenoxy) is 1. The van der Waals surface area contributed by atoms with E-state index in [9.17, 15) is 23.1 Å². The number of aromatic hydroxyl groups is 1. The first kappa shape index (κ1) is 20.9. The summed E-state index contributed by atoms with van der Waals surface area (Å²) in [5.41, 5.74) is 3.53. The number of H-pyrrole nitrogens is 1. The summed E-state index contributed by atoms with van der Waals surface area (Å²) in [6.45, 7) is 0. The molecule has 1 aliphatic rings. The number of aromatic nitrogens is 3. The maximum atomic E-state index is 12.5. The number of aliphatic carboxylic acids is 1. The van der Waals surface area contributed by atoms with Crippen LogP contribution in [0.3, 0.4) is 0 Å². The van der Waals surface area contributed by atoms with Gasteiger partial charge in [-0.2, -0.15) is 4.98 Å². The molecule has 5 rings (SSSR count). The zero-order chi connectivity index (χ0) is 23.3. The lowest BCUT2D eigenvalue weighted by Crippen LogP contribution is -2.17. The van der Waals surface area contributed by atoms with Gasteiger partial charge < -0.3 is 24.5 Å². The Morgan fingerprint density at radius 3 is 2.79 bits per heavy atom. The van der Waals surface area contributed by atoms with Crippen LogP contribution >= 0.6 is 0 Å². The van der Waals surface area contributed by atoms with E-state index in [1.807, 2.05) is 12.1 Å². The molecule has 0 saturated carbocycles. The molecule has 4 aromatic rings. The van der Waals surface area contributed by atoms with Crippen molar-refractivity contribution in [2.45, 2.75) is 31.5 Å².